The van der Waals surface area contributed by atoms with Gasteiger partial charge in [0.2, 0.25) is 0 Å². The number of nitrogens with zero attached hydrogens (tertiary/aromatic N) is 2. The molecule has 7 nitrogen and oxygen atoms in total. The lowest BCUT2D eigenvalue weighted by Gasteiger charge is -2.03. The van der Waals surface area contributed by atoms with E-state index in [0.29, 0.717) is 20.7 Å². The Kier molecular flexibility index (Phi) is 7.09. The van der Waals surface area contributed by atoms with E-state index in [2.05, 4.69) is 4.99 Å². The van der Waals surface area contributed by atoms with Gasteiger partial charge in [-0.3, -0.25) is 4.79 Å². The maximum atomic E-state index is 12.6. The van der Waals surface area contributed by atoms with Gasteiger partial charge in [-0.25, -0.2) is 9.79 Å². The summed E-state index contributed by atoms with van der Waals surface area (Å²) in [5, 5.41) is 12.7. The van der Waals surface area contributed by atoms with E-state index in [-0.39, 0.29) is 30.5 Å². The van der Waals surface area contributed by atoms with E-state index < -0.39 is 5.97 Å². The number of hydrogen-bond acceptors (Lipinski definition) is 7. The minimum Gasteiger partial charge on any atom is -0.506 e. The first-order valence-corrected chi connectivity index (χ1v) is 11.6. The third-order valence-electron chi connectivity index (χ3n) is 5.06. The number of halogens is 1. The third kappa shape index (κ3) is 4.88. The van der Waals surface area contributed by atoms with Crippen molar-refractivity contribution in [1.82, 2.24) is 4.57 Å². The molecule has 0 radical (unpaired) electrons. The van der Waals surface area contributed by atoms with Crippen LogP contribution < -0.4 is 0 Å². The summed E-state index contributed by atoms with van der Waals surface area (Å²) in [6.45, 7) is 1.90. The topological polar surface area (TPSA) is 90.1 Å². The molecule has 2 heterocycles. The van der Waals surface area contributed by atoms with Crippen LogP contribution in [-0.2, 0) is 25.6 Å². The molecule has 3 aromatic rings. The largest absolute Gasteiger partial charge is 0.506 e. The summed E-state index contributed by atoms with van der Waals surface area (Å²) in [6, 6.07) is 14.4. The molecule has 0 unspecified atom stereocenters. The van der Waals surface area contributed by atoms with Crippen LogP contribution >= 0.6 is 23.4 Å². The SMILES string of the molecule is CCOC(=O)C1=C(O)/C(=C/c2cn(CC(=O)OC)c3ccccc23)SC1=Nc1ccc(Cl)cc1. The molecule has 174 valence electrons. The molecule has 2 aromatic carbocycles. The van der Waals surface area contributed by atoms with Gasteiger partial charge >= 0.3 is 11.9 Å². The van der Waals surface area contributed by atoms with Crippen LogP contribution in [0.2, 0.25) is 5.02 Å². The van der Waals surface area contributed by atoms with Gasteiger partial charge in [0.05, 0.1) is 24.3 Å². The molecule has 1 aromatic heterocycles. The van der Waals surface area contributed by atoms with E-state index in [9.17, 15) is 14.7 Å². The van der Waals surface area contributed by atoms with Crippen molar-refractivity contribution >= 4 is 63.0 Å². The van der Waals surface area contributed by atoms with Gasteiger partial charge in [-0.05, 0) is 43.3 Å². The molecule has 1 aliphatic rings. The van der Waals surface area contributed by atoms with Crippen LogP contribution in [0.4, 0.5) is 5.69 Å². The number of aliphatic hydroxyl groups excluding tert-OH is 1. The molecular weight excluding hydrogens is 476 g/mol. The molecule has 34 heavy (non-hydrogen) atoms. The lowest BCUT2D eigenvalue weighted by molar-refractivity contribution is -0.141. The van der Waals surface area contributed by atoms with Gasteiger partial charge in [-0.15, -0.1) is 0 Å². The van der Waals surface area contributed by atoms with Crippen LogP contribution in [0.5, 0.6) is 0 Å². The van der Waals surface area contributed by atoms with Gasteiger partial charge < -0.3 is 19.1 Å². The fourth-order valence-electron chi connectivity index (χ4n) is 3.49. The molecule has 0 aliphatic carbocycles. The van der Waals surface area contributed by atoms with Crippen LogP contribution in [0.3, 0.4) is 0 Å². The number of aromatic nitrogens is 1. The normalized spacial score (nSPS) is 16.0. The Morgan fingerprint density at radius 2 is 1.91 bits per heavy atom. The summed E-state index contributed by atoms with van der Waals surface area (Å²) in [5.74, 6) is -1.24. The Morgan fingerprint density at radius 3 is 2.62 bits per heavy atom. The van der Waals surface area contributed by atoms with Gasteiger partial charge in [0.1, 0.15) is 22.9 Å². The highest BCUT2D eigenvalue weighted by Gasteiger charge is 2.33. The summed E-state index contributed by atoms with van der Waals surface area (Å²) < 4.78 is 11.7. The molecule has 0 atom stereocenters. The number of esters is 2. The van der Waals surface area contributed by atoms with Crippen LogP contribution in [-0.4, -0.2) is 40.4 Å². The number of para-hydroxylation sites is 1. The zero-order chi connectivity index (χ0) is 24.2. The average Bonchev–Trinajstić information content (AvgIpc) is 3.32. The highest BCUT2D eigenvalue weighted by molar-refractivity contribution is 8.18. The molecule has 1 aliphatic heterocycles. The highest BCUT2D eigenvalue weighted by Crippen LogP contribution is 2.41. The van der Waals surface area contributed by atoms with Crippen molar-refractivity contribution in [1.29, 1.82) is 0 Å². The van der Waals surface area contributed by atoms with E-state index in [1.807, 2.05) is 24.3 Å². The summed E-state index contributed by atoms with van der Waals surface area (Å²) in [5.41, 5.74) is 2.19. The van der Waals surface area contributed by atoms with Gasteiger partial charge in [0.25, 0.3) is 0 Å². The zero-order valence-corrected chi connectivity index (χ0v) is 20.0. The van der Waals surface area contributed by atoms with Crippen LogP contribution in [0.25, 0.3) is 17.0 Å². The molecule has 1 N–H and O–H groups in total. The lowest BCUT2D eigenvalue weighted by atomic mass is 10.1. The summed E-state index contributed by atoms with van der Waals surface area (Å²) in [4.78, 5) is 29.5. The Bertz CT molecular complexity index is 1360. The maximum Gasteiger partial charge on any atom is 0.344 e. The van der Waals surface area contributed by atoms with Crippen LogP contribution in [0, 0.1) is 0 Å². The molecular formula is C25H21ClN2O5S. The van der Waals surface area contributed by atoms with E-state index in [4.69, 9.17) is 21.1 Å². The second-order valence-electron chi connectivity index (χ2n) is 7.25. The zero-order valence-electron chi connectivity index (χ0n) is 18.4. The number of thioether (sulfide) groups is 1. The number of aliphatic imine (C=N–C) groups is 1. The minimum atomic E-state index is -0.656. The van der Waals surface area contributed by atoms with Gasteiger partial charge in [-0.2, -0.15) is 0 Å². The fourth-order valence-corrected chi connectivity index (χ4v) is 4.64. The van der Waals surface area contributed by atoms with Gasteiger partial charge in [-0.1, -0.05) is 41.6 Å². The number of hydrogen-bond donors (Lipinski definition) is 1. The Labute approximate surface area is 205 Å². The molecule has 9 heteroatoms. The number of carbonyl (C=O) groups is 2. The van der Waals surface area contributed by atoms with Crippen molar-refractivity contribution in [3.63, 3.8) is 0 Å². The Hall–Kier alpha value is -3.49. The second-order valence-corrected chi connectivity index (χ2v) is 8.72. The smallest absolute Gasteiger partial charge is 0.344 e. The Morgan fingerprint density at radius 1 is 1.18 bits per heavy atom. The molecule has 0 bridgehead atoms. The number of rotatable bonds is 6. The van der Waals surface area contributed by atoms with Crippen molar-refractivity contribution in [2.45, 2.75) is 13.5 Å². The first-order valence-electron chi connectivity index (χ1n) is 10.4. The predicted molar refractivity (Wildman–Crippen MR) is 134 cm³/mol. The number of ether oxygens (including phenoxy) is 2. The molecule has 0 fully saturated rings. The predicted octanol–water partition coefficient (Wildman–Crippen LogP) is 5.66. The minimum absolute atomic E-state index is 0.00588. The molecule has 4 rings (SSSR count). The average molecular weight is 497 g/mol. The van der Waals surface area contributed by atoms with E-state index in [1.165, 1.54) is 7.11 Å². The third-order valence-corrected chi connectivity index (χ3v) is 6.33. The highest BCUT2D eigenvalue weighted by atomic mass is 35.5. The van der Waals surface area contributed by atoms with Crippen LogP contribution in [0.15, 0.2) is 76.0 Å². The number of fused-ring (bicyclic) bond motifs is 1. The number of carbonyl (C=O) groups excluding carboxylic acids is 2. The standard InChI is InChI=1S/C25H21ClN2O5S/c1-3-33-25(31)22-23(30)20(34-24(22)27-17-10-8-16(26)9-11-17)12-15-13-28(14-21(29)32-2)19-7-5-4-6-18(15)19/h4-13,30H,3,14H2,1-2H3/b20-12-,27-24?. The molecule has 0 spiro atoms. The molecule has 0 saturated carbocycles. The number of benzene rings is 2. The van der Waals surface area contributed by atoms with Gasteiger partial charge in [0, 0.05) is 27.7 Å². The van der Waals surface area contributed by atoms with Crippen molar-refractivity contribution in [2.24, 2.45) is 4.99 Å². The van der Waals surface area contributed by atoms with Crippen molar-refractivity contribution < 1.29 is 24.2 Å². The molecule has 0 saturated heterocycles. The monoisotopic (exact) mass is 496 g/mol. The van der Waals surface area contributed by atoms with Crippen molar-refractivity contribution in [2.75, 3.05) is 13.7 Å². The first-order chi connectivity index (χ1) is 16.4. The lowest BCUT2D eigenvalue weighted by Crippen LogP contribution is -2.12. The van der Waals surface area contributed by atoms with Crippen molar-refractivity contribution in [3.8, 4) is 0 Å². The Balaban J connectivity index is 1.79. The van der Waals surface area contributed by atoms with E-state index in [0.717, 1.165) is 28.2 Å². The maximum absolute atomic E-state index is 12.6. The summed E-state index contributed by atoms with van der Waals surface area (Å²) >= 11 is 7.12. The number of methoxy groups -OCH3 is 1. The first kappa shape index (κ1) is 23.7. The molecule has 0 amide bonds. The van der Waals surface area contributed by atoms with Crippen molar-refractivity contribution in [3.05, 3.63) is 81.6 Å². The van der Waals surface area contributed by atoms with Gasteiger partial charge in [0.15, 0.2) is 0 Å². The van der Waals surface area contributed by atoms with Crippen LogP contribution in [0.1, 0.15) is 12.5 Å². The van der Waals surface area contributed by atoms with E-state index >= 15 is 0 Å². The summed E-state index contributed by atoms with van der Waals surface area (Å²) in [7, 11) is 1.34. The van der Waals surface area contributed by atoms with E-state index in [1.54, 1.807) is 48.0 Å². The number of aliphatic hydroxyl groups is 1. The fraction of sp³-hybridized carbons (Fsp3) is 0.160. The quantitative estimate of drug-likeness (QED) is 0.443. The summed E-state index contributed by atoms with van der Waals surface area (Å²) in [6.07, 6.45) is 3.57. The second kappa shape index (κ2) is 10.2.